The highest BCUT2D eigenvalue weighted by molar-refractivity contribution is 14.0. The molecule has 3 heterocycles. The summed E-state index contributed by atoms with van der Waals surface area (Å²) < 4.78 is 5.70. The van der Waals surface area contributed by atoms with Gasteiger partial charge in [0.2, 0.25) is 0 Å². The average Bonchev–Trinajstić information content (AvgIpc) is 3.30. The number of rotatable bonds is 9. The maximum atomic E-state index is 12.4. The number of fused-ring (bicyclic) bond motifs is 2. The number of imidazole rings is 1. The van der Waals surface area contributed by atoms with Gasteiger partial charge in [0, 0.05) is 45.7 Å². The molecule has 4 rings (SSSR count). The molecule has 2 aromatic heterocycles. The second kappa shape index (κ2) is 12.2. The molecule has 1 aliphatic rings. The van der Waals surface area contributed by atoms with Crippen LogP contribution in [0.25, 0.3) is 11.0 Å². The number of benzene rings is 1. The Bertz CT molecular complexity index is 1130. The van der Waals surface area contributed by atoms with E-state index in [1.807, 2.05) is 10.6 Å². The van der Waals surface area contributed by atoms with Gasteiger partial charge < -0.3 is 15.2 Å². The van der Waals surface area contributed by atoms with Gasteiger partial charge in [-0.1, -0.05) is 12.1 Å². The first kappa shape index (κ1) is 25.3. The molecular weight excluding hydrogens is 531 g/mol. The SMILES string of the molecule is CCNC(=NCCCn1c(C)nc2ccccc21)NCCCn1nc2n(c1=O)CCCC2.I. The highest BCUT2D eigenvalue weighted by Crippen LogP contribution is 2.15. The van der Waals surface area contributed by atoms with E-state index >= 15 is 0 Å². The maximum absolute atomic E-state index is 12.4. The van der Waals surface area contributed by atoms with Gasteiger partial charge in [0.15, 0.2) is 5.96 Å². The predicted octanol–water partition coefficient (Wildman–Crippen LogP) is 2.69. The molecule has 0 unspecified atom stereocenters. The first-order valence-electron chi connectivity index (χ1n) is 11.8. The second-order valence-corrected chi connectivity index (χ2v) is 8.22. The monoisotopic (exact) mass is 566 g/mol. The van der Waals surface area contributed by atoms with Crippen molar-refractivity contribution in [2.75, 3.05) is 19.6 Å². The fraction of sp³-hybridized carbons (Fsp3) is 0.565. The third-order valence-corrected chi connectivity index (χ3v) is 5.87. The zero-order chi connectivity index (χ0) is 22.3. The third-order valence-electron chi connectivity index (χ3n) is 5.87. The van der Waals surface area contributed by atoms with Crippen LogP contribution < -0.4 is 16.3 Å². The Morgan fingerprint density at radius 1 is 1.15 bits per heavy atom. The van der Waals surface area contributed by atoms with Crippen LogP contribution in [0, 0.1) is 6.92 Å². The van der Waals surface area contributed by atoms with Gasteiger partial charge >= 0.3 is 5.69 Å². The lowest BCUT2D eigenvalue weighted by atomic mass is 10.2. The highest BCUT2D eigenvalue weighted by atomic mass is 127. The van der Waals surface area contributed by atoms with Crippen LogP contribution in [0.5, 0.6) is 0 Å². The Morgan fingerprint density at radius 3 is 2.82 bits per heavy atom. The standard InChI is InChI=1S/C23H34N8O.HI/c1-3-24-22(25-13-8-16-29-18(2)27-19-10-4-5-11-20(19)29)26-14-9-17-31-23(32)30-15-7-6-12-21(30)28-31;/h4-5,10-11H,3,6-9,12-17H2,1-2H3,(H2,24,25,26);1H. The number of aromatic nitrogens is 5. The molecule has 1 aliphatic heterocycles. The predicted molar refractivity (Wildman–Crippen MR) is 143 cm³/mol. The van der Waals surface area contributed by atoms with Crippen molar-refractivity contribution in [1.82, 2.24) is 34.5 Å². The van der Waals surface area contributed by atoms with Crippen LogP contribution in [0.1, 0.15) is 44.3 Å². The van der Waals surface area contributed by atoms with Crippen molar-refractivity contribution >= 4 is 41.0 Å². The van der Waals surface area contributed by atoms with E-state index < -0.39 is 0 Å². The molecule has 0 bridgehead atoms. The van der Waals surface area contributed by atoms with Crippen molar-refractivity contribution in [1.29, 1.82) is 0 Å². The van der Waals surface area contributed by atoms with Crippen LogP contribution in [-0.2, 0) is 26.1 Å². The van der Waals surface area contributed by atoms with Gasteiger partial charge in [0.05, 0.1) is 11.0 Å². The Hall–Kier alpha value is -2.37. The number of aryl methyl sites for hydroxylation is 4. The molecule has 0 radical (unpaired) electrons. The molecule has 3 aromatic rings. The number of hydrogen-bond donors (Lipinski definition) is 2. The summed E-state index contributed by atoms with van der Waals surface area (Å²) in [7, 11) is 0. The molecule has 0 spiro atoms. The lowest BCUT2D eigenvalue weighted by Crippen LogP contribution is -2.38. The van der Waals surface area contributed by atoms with Gasteiger partial charge in [0.25, 0.3) is 0 Å². The topological polar surface area (TPSA) is 94.1 Å². The van der Waals surface area contributed by atoms with Crippen LogP contribution in [0.15, 0.2) is 34.1 Å². The molecule has 0 saturated heterocycles. The lowest BCUT2D eigenvalue weighted by molar-refractivity contribution is 0.509. The Kier molecular flexibility index (Phi) is 9.33. The molecule has 9 nitrogen and oxygen atoms in total. The van der Waals surface area contributed by atoms with Crippen LogP contribution in [-0.4, -0.2) is 49.5 Å². The van der Waals surface area contributed by atoms with E-state index in [2.05, 4.69) is 57.3 Å². The van der Waals surface area contributed by atoms with Gasteiger partial charge in [-0.15, -0.1) is 24.0 Å². The van der Waals surface area contributed by atoms with E-state index in [1.54, 1.807) is 4.68 Å². The summed E-state index contributed by atoms with van der Waals surface area (Å²) in [6.07, 6.45) is 4.86. The van der Waals surface area contributed by atoms with E-state index in [-0.39, 0.29) is 29.7 Å². The summed E-state index contributed by atoms with van der Waals surface area (Å²) in [6.45, 7) is 8.72. The minimum absolute atomic E-state index is 0. The number of guanidine groups is 1. The van der Waals surface area contributed by atoms with Gasteiger partial charge in [0.1, 0.15) is 11.6 Å². The number of para-hydroxylation sites is 2. The fourth-order valence-corrected chi connectivity index (χ4v) is 4.27. The van der Waals surface area contributed by atoms with Crippen molar-refractivity contribution in [3.05, 3.63) is 46.4 Å². The van der Waals surface area contributed by atoms with Crippen LogP contribution in [0.2, 0.25) is 0 Å². The van der Waals surface area contributed by atoms with E-state index in [0.29, 0.717) is 6.54 Å². The molecule has 0 fully saturated rings. The highest BCUT2D eigenvalue weighted by Gasteiger charge is 2.16. The van der Waals surface area contributed by atoms with Crippen LogP contribution in [0.3, 0.4) is 0 Å². The zero-order valence-electron chi connectivity index (χ0n) is 19.6. The Labute approximate surface area is 211 Å². The quantitative estimate of drug-likeness (QED) is 0.180. The normalized spacial score (nSPS) is 13.6. The summed E-state index contributed by atoms with van der Waals surface area (Å²) >= 11 is 0. The van der Waals surface area contributed by atoms with Gasteiger partial charge in [-0.3, -0.25) is 9.56 Å². The Morgan fingerprint density at radius 2 is 2.00 bits per heavy atom. The molecule has 0 saturated carbocycles. The molecule has 0 amide bonds. The summed E-state index contributed by atoms with van der Waals surface area (Å²) in [5.41, 5.74) is 2.25. The molecule has 33 heavy (non-hydrogen) atoms. The molecule has 180 valence electrons. The fourth-order valence-electron chi connectivity index (χ4n) is 4.27. The van der Waals surface area contributed by atoms with E-state index in [4.69, 9.17) is 4.99 Å². The van der Waals surface area contributed by atoms with Crippen LogP contribution in [0.4, 0.5) is 0 Å². The van der Waals surface area contributed by atoms with E-state index in [1.165, 1.54) is 5.52 Å². The summed E-state index contributed by atoms with van der Waals surface area (Å²) in [4.78, 5) is 21.8. The minimum atomic E-state index is 0. The molecule has 2 N–H and O–H groups in total. The smallest absolute Gasteiger partial charge is 0.345 e. The second-order valence-electron chi connectivity index (χ2n) is 8.22. The minimum Gasteiger partial charge on any atom is -0.357 e. The number of nitrogens with one attached hydrogen (secondary N) is 2. The number of hydrogen-bond acceptors (Lipinski definition) is 4. The van der Waals surface area contributed by atoms with Crippen molar-refractivity contribution in [2.45, 2.75) is 65.6 Å². The van der Waals surface area contributed by atoms with Crippen molar-refractivity contribution in [3.63, 3.8) is 0 Å². The van der Waals surface area contributed by atoms with E-state index in [0.717, 1.165) is 88.0 Å². The molecular formula is C23H35IN8O. The average molecular weight is 566 g/mol. The molecule has 0 atom stereocenters. The first-order chi connectivity index (χ1) is 15.7. The summed E-state index contributed by atoms with van der Waals surface area (Å²) in [5.74, 6) is 2.79. The molecule has 0 aliphatic carbocycles. The van der Waals surface area contributed by atoms with Crippen LogP contribution >= 0.6 is 24.0 Å². The number of nitrogens with zero attached hydrogens (tertiary/aromatic N) is 6. The molecule has 10 heteroatoms. The van der Waals surface area contributed by atoms with Crippen molar-refractivity contribution < 1.29 is 0 Å². The summed E-state index contributed by atoms with van der Waals surface area (Å²) in [6, 6.07) is 8.25. The zero-order valence-corrected chi connectivity index (χ0v) is 21.9. The van der Waals surface area contributed by atoms with Crippen molar-refractivity contribution in [2.24, 2.45) is 4.99 Å². The van der Waals surface area contributed by atoms with Gasteiger partial charge in [-0.05, 0) is 51.7 Å². The maximum Gasteiger partial charge on any atom is 0.345 e. The van der Waals surface area contributed by atoms with Crippen molar-refractivity contribution in [3.8, 4) is 0 Å². The first-order valence-corrected chi connectivity index (χ1v) is 11.8. The lowest BCUT2D eigenvalue weighted by Gasteiger charge is -2.11. The summed E-state index contributed by atoms with van der Waals surface area (Å²) in [5, 5.41) is 11.2. The largest absolute Gasteiger partial charge is 0.357 e. The van der Waals surface area contributed by atoms with Gasteiger partial charge in [-0.2, -0.15) is 5.10 Å². The van der Waals surface area contributed by atoms with Gasteiger partial charge in [-0.25, -0.2) is 14.5 Å². The third kappa shape index (κ3) is 6.15. The number of aliphatic imine (C=N–C) groups is 1. The van der Waals surface area contributed by atoms with E-state index in [9.17, 15) is 4.79 Å². The molecule has 1 aromatic carbocycles. The Balaban J connectivity index is 0.00000306. The number of halogens is 1.